The average molecular weight is 415 g/mol. The van der Waals surface area contributed by atoms with Crippen molar-refractivity contribution in [3.05, 3.63) is 101 Å². The van der Waals surface area contributed by atoms with Crippen molar-refractivity contribution >= 4 is 35.0 Å². The van der Waals surface area contributed by atoms with Crippen molar-refractivity contribution < 1.29 is 9.59 Å². The van der Waals surface area contributed by atoms with Gasteiger partial charge in [-0.3, -0.25) is 9.59 Å². The number of nitrogens with zero attached hydrogens (tertiary/aromatic N) is 1. The largest absolute Gasteiger partial charge is 0.350 e. The Bertz CT molecular complexity index is 1100. The highest BCUT2D eigenvalue weighted by atomic mass is 32.2. The molecule has 0 aromatic heterocycles. The number of anilines is 2. The summed E-state index contributed by atoms with van der Waals surface area (Å²) in [5.74, 6) is -0.657. The summed E-state index contributed by atoms with van der Waals surface area (Å²) in [6.45, 7) is 4.09. The van der Waals surface area contributed by atoms with Gasteiger partial charge in [-0.15, -0.1) is 0 Å². The molecule has 3 aromatic rings. The van der Waals surface area contributed by atoms with E-state index in [0.29, 0.717) is 16.3 Å². The zero-order valence-electron chi connectivity index (χ0n) is 16.9. The molecule has 150 valence electrons. The number of nitrogens with one attached hydrogen (secondary N) is 1. The second-order valence-electron chi connectivity index (χ2n) is 7.08. The van der Waals surface area contributed by atoms with Crippen molar-refractivity contribution in [2.75, 3.05) is 10.2 Å². The second kappa shape index (κ2) is 8.59. The van der Waals surface area contributed by atoms with Crippen LogP contribution in [0.3, 0.4) is 0 Å². The Morgan fingerprint density at radius 1 is 0.833 bits per heavy atom. The predicted octanol–water partition coefficient (Wildman–Crippen LogP) is 5.55. The van der Waals surface area contributed by atoms with Crippen LogP contribution in [0.25, 0.3) is 0 Å². The highest BCUT2D eigenvalue weighted by Gasteiger charge is 2.40. The molecule has 4 rings (SSSR count). The highest BCUT2D eigenvalue weighted by Crippen LogP contribution is 2.38. The number of hydrogen-bond donors (Lipinski definition) is 1. The van der Waals surface area contributed by atoms with Gasteiger partial charge in [-0.05, 0) is 55.3 Å². The van der Waals surface area contributed by atoms with Gasteiger partial charge in [-0.25, -0.2) is 4.90 Å². The minimum Gasteiger partial charge on any atom is -0.350 e. The summed E-state index contributed by atoms with van der Waals surface area (Å²) < 4.78 is 0. The fourth-order valence-corrected chi connectivity index (χ4v) is 4.15. The lowest BCUT2D eigenvalue weighted by Crippen LogP contribution is -2.32. The number of aryl methyl sites for hydroxylation is 2. The monoisotopic (exact) mass is 414 g/mol. The summed E-state index contributed by atoms with van der Waals surface area (Å²) in [4.78, 5) is 29.2. The number of rotatable bonds is 6. The van der Waals surface area contributed by atoms with Crippen LogP contribution in [-0.2, 0) is 16.0 Å². The molecule has 0 saturated heterocycles. The third-order valence-electron chi connectivity index (χ3n) is 4.93. The minimum absolute atomic E-state index is 0.302. The van der Waals surface area contributed by atoms with Crippen LogP contribution in [0, 0.1) is 6.92 Å². The van der Waals surface area contributed by atoms with Gasteiger partial charge in [0.2, 0.25) is 0 Å². The van der Waals surface area contributed by atoms with Crippen LogP contribution in [0.4, 0.5) is 11.4 Å². The van der Waals surface area contributed by atoms with E-state index in [0.717, 1.165) is 28.1 Å². The van der Waals surface area contributed by atoms with Crippen molar-refractivity contribution in [3.8, 4) is 0 Å². The smallest absolute Gasteiger partial charge is 0.283 e. The van der Waals surface area contributed by atoms with E-state index in [1.807, 2.05) is 85.8 Å². The first kappa shape index (κ1) is 20.0. The van der Waals surface area contributed by atoms with E-state index in [2.05, 4.69) is 12.2 Å². The Hall–Kier alpha value is -3.31. The summed E-state index contributed by atoms with van der Waals surface area (Å²) >= 11 is 1.31. The maximum Gasteiger partial charge on any atom is 0.283 e. The van der Waals surface area contributed by atoms with E-state index in [1.165, 1.54) is 16.7 Å². The molecule has 1 N–H and O–H groups in total. The molecule has 1 heterocycles. The molecule has 0 unspecified atom stereocenters. The number of hydrogen-bond acceptors (Lipinski definition) is 4. The number of para-hydroxylation sites is 1. The van der Waals surface area contributed by atoms with Gasteiger partial charge >= 0.3 is 0 Å². The van der Waals surface area contributed by atoms with E-state index >= 15 is 0 Å². The van der Waals surface area contributed by atoms with Crippen LogP contribution in [0.5, 0.6) is 0 Å². The Morgan fingerprint density at radius 3 is 2.13 bits per heavy atom. The van der Waals surface area contributed by atoms with Crippen molar-refractivity contribution in [1.29, 1.82) is 0 Å². The summed E-state index contributed by atoms with van der Waals surface area (Å²) in [5.41, 5.74) is 3.94. The number of imide groups is 1. The molecule has 1 aliphatic rings. The summed E-state index contributed by atoms with van der Waals surface area (Å²) in [6, 6.07) is 24.9. The molecular formula is C25H22N2O2S. The minimum atomic E-state index is -0.345. The normalized spacial score (nSPS) is 13.9. The standard InChI is InChI=1S/C25H22N2O2S/c1-3-18-11-13-20(14-12-18)27-24(28)22(26-19-7-5-4-6-8-19)23(25(27)29)30-21-15-9-17(2)10-16-21/h4-16,26H,3H2,1-2H3. The summed E-state index contributed by atoms with van der Waals surface area (Å²) in [7, 11) is 0. The molecular weight excluding hydrogens is 392 g/mol. The van der Waals surface area contributed by atoms with Gasteiger partial charge < -0.3 is 5.32 Å². The summed E-state index contributed by atoms with van der Waals surface area (Å²) in [5, 5.41) is 3.17. The van der Waals surface area contributed by atoms with Gasteiger partial charge in [-0.2, -0.15) is 0 Å². The molecule has 0 saturated carbocycles. The van der Waals surface area contributed by atoms with Crippen LogP contribution < -0.4 is 10.2 Å². The van der Waals surface area contributed by atoms with E-state index in [1.54, 1.807) is 0 Å². The topological polar surface area (TPSA) is 49.4 Å². The lowest BCUT2D eigenvalue weighted by atomic mass is 10.1. The van der Waals surface area contributed by atoms with Crippen LogP contribution >= 0.6 is 11.8 Å². The Kier molecular flexibility index (Phi) is 5.72. The zero-order valence-corrected chi connectivity index (χ0v) is 17.7. The van der Waals surface area contributed by atoms with Gasteiger partial charge in [0, 0.05) is 10.6 Å². The molecule has 2 amide bonds. The summed E-state index contributed by atoms with van der Waals surface area (Å²) in [6.07, 6.45) is 0.899. The highest BCUT2D eigenvalue weighted by molar-refractivity contribution is 8.04. The van der Waals surface area contributed by atoms with Gasteiger partial charge in [-0.1, -0.05) is 66.7 Å². The van der Waals surface area contributed by atoms with Crippen molar-refractivity contribution in [2.45, 2.75) is 25.2 Å². The predicted molar refractivity (Wildman–Crippen MR) is 122 cm³/mol. The molecule has 0 radical (unpaired) electrons. The van der Waals surface area contributed by atoms with Gasteiger partial charge in [0.05, 0.1) is 5.69 Å². The Morgan fingerprint density at radius 2 is 1.50 bits per heavy atom. The number of amides is 2. The fraction of sp³-hybridized carbons (Fsp3) is 0.120. The van der Waals surface area contributed by atoms with Gasteiger partial charge in [0.25, 0.3) is 11.8 Å². The number of carbonyl (C=O) groups excluding carboxylic acids is 2. The van der Waals surface area contributed by atoms with Crippen molar-refractivity contribution in [1.82, 2.24) is 0 Å². The second-order valence-corrected chi connectivity index (χ2v) is 8.16. The van der Waals surface area contributed by atoms with Crippen molar-refractivity contribution in [3.63, 3.8) is 0 Å². The van der Waals surface area contributed by atoms with Crippen molar-refractivity contribution in [2.24, 2.45) is 0 Å². The van der Waals surface area contributed by atoms with E-state index < -0.39 is 0 Å². The molecule has 0 spiro atoms. The molecule has 0 bridgehead atoms. The lowest BCUT2D eigenvalue weighted by Gasteiger charge is -2.15. The molecule has 5 heteroatoms. The first-order chi connectivity index (χ1) is 14.6. The zero-order chi connectivity index (χ0) is 21.1. The van der Waals surface area contributed by atoms with Gasteiger partial charge in [0.1, 0.15) is 10.6 Å². The Balaban J connectivity index is 1.72. The number of benzene rings is 3. The lowest BCUT2D eigenvalue weighted by molar-refractivity contribution is -0.120. The van der Waals surface area contributed by atoms with E-state index in [-0.39, 0.29) is 11.8 Å². The third kappa shape index (κ3) is 4.02. The molecule has 30 heavy (non-hydrogen) atoms. The molecule has 1 aliphatic heterocycles. The van der Waals surface area contributed by atoms with E-state index in [4.69, 9.17) is 0 Å². The first-order valence-corrected chi connectivity index (χ1v) is 10.7. The Labute approximate surface area is 180 Å². The van der Waals surface area contributed by atoms with Crippen LogP contribution in [0.1, 0.15) is 18.1 Å². The first-order valence-electron chi connectivity index (χ1n) is 9.85. The SMILES string of the molecule is CCc1ccc(N2C(=O)C(Nc3ccccc3)=C(Sc3ccc(C)cc3)C2=O)cc1. The number of thioether (sulfide) groups is 1. The average Bonchev–Trinajstić information content (AvgIpc) is 3.00. The molecule has 0 fully saturated rings. The van der Waals surface area contributed by atoms with Crippen LogP contribution in [0.15, 0.2) is 94.4 Å². The van der Waals surface area contributed by atoms with E-state index in [9.17, 15) is 9.59 Å². The van der Waals surface area contributed by atoms with Gasteiger partial charge in [0.15, 0.2) is 0 Å². The fourth-order valence-electron chi connectivity index (χ4n) is 3.22. The quantitative estimate of drug-likeness (QED) is 0.538. The molecule has 4 nitrogen and oxygen atoms in total. The maximum absolute atomic E-state index is 13.3. The third-order valence-corrected chi connectivity index (χ3v) is 6.02. The molecule has 3 aromatic carbocycles. The molecule has 0 aliphatic carbocycles. The van der Waals surface area contributed by atoms with Crippen LogP contribution in [0.2, 0.25) is 0 Å². The maximum atomic E-state index is 13.3. The number of carbonyl (C=O) groups is 2. The molecule has 0 atom stereocenters. The van der Waals surface area contributed by atoms with Crippen LogP contribution in [-0.4, -0.2) is 11.8 Å².